The number of benzene rings is 1. The maximum atomic E-state index is 12.6. The molecule has 0 atom stereocenters. The van der Waals surface area contributed by atoms with E-state index in [-0.39, 0.29) is 18.0 Å². The van der Waals surface area contributed by atoms with Crippen molar-refractivity contribution >= 4 is 39.8 Å². The van der Waals surface area contributed by atoms with Crippen LogP contribution in [-0.2, 0) is 24.4 Å². The van der Waals surface area contributed by atoms with Crippen molar-refractivity contribution in [2.45, 2.75) is 26.6 Å². The van der Waals surface area contributed by atoms with Crippen LogP contribution in [0.1, 0.15) is 11.1 Å². The van der Waals surface area contributed by atoms with Crippen molar-refractivity contribution in [3.05, 3.63) is 68.7 Å². The molecule has 3 rings (SSSR count). The lowest BCUT2D eigenvalue weighted by Crippen LogP contribution is -2.32. The lowest BCUT2D eigenvalue weighted by atomic mass is 10.1. The minimum absolute atomic E-state index is 0.0836. The molecule has 0 fully saturated rings. The van der Waals surface area contributed by atoms with Crippen molar-refractivity contribution in [2.75, 3.05) is 0 Å². The molecule has 1 amide bonds. The number of aryl methyl sites for hydroxylation is 1. The van der Waals surface area contributed by atoms with Gasteiger partial charge < -0.3 is 9.88 Å². The molecule has 2 aromatic heterocycles. The zero-order valence-electron chi connectivity index (χ0n) is 14.3. The highest BCUT2D eigenvalue weighted by molar-refractivity contribution is 7.73. The highest BCUT2D eigenvalue weighted by Crippen LogP contribution is 2.17. The van der Waals surface area contributed by atoms with E-state index < -0.39 is 0 Å². The van der Waals surface area contributed by atoms with Crippen LogP contribution in [0.25, 0.3) is 10.3 Å². The molecule has 2 heterocycles. The lowest BCUT2D eigenvalue weighted by Gasteiger charge is -2.08. The van der Waals surface area contributed by atoms with Gasteiger partial charge in [0.1, 0.15) is 17.6 Å². The van der Waals surface area contributed by atoms with E-state index in [1.165, 1.54) is 22.2 Å². The largest absolute Gasteiger partial charge is 0.350 e. The standard InChI is InChI=1S/C18H18N4O2S2/c1-3-8-22-16-15(26-18(22)25)17(24)21(11-20-16)10-14(23)19-9-13-6-4-12(2)5-7-13/h3-7,11H,1,8-10H2,2H3,(H,19,23). The van der Waals surface area contributed by atoms with Gasteiger partial charge in [0.25, 0.3) is 5.56 Å². The van der Waals surface area contributed by atoms with Crippen molar-refractivity contribution in [3.8, 4) is 0 Å². The maximum Gasteiger partial charge on any atom is 0.273 e. The first-order valence-corrected chi connectivity index (χ1v) is 9.24. The molecule has 26 heavy (non-hydrogen) atoms. The molecular formula is C18H18N4O2S2. The molecule has 0 aliphatic rings. The van der Waals surface area contributed by atoms with E-state index in [4.69, 9.17) is 12.2 Å². The summed E-state index contributed by atoms with van der Waals surface area (Å²) in [5, 5.41) is 2.82. The van der Waals surface area contributed by atoms with E-state index in [1.807, 2.05) is 31.2 Å². The molecule has 0 unspecified atom stereocenters. The predicted molar refractivity (Wildman–Crippen MR) is 106 cm³/mol. The summed E-state index contributed by atoms with van der Waals surface area (Å²) in [6, 6.07) is 7.91. The number of carbonyl (C=O) groups is 1. The first-order valence-electron chi connectivity index (χ1n) is 8.01. The first kappa shape index (κ1) is 18.2. The summed E-state index contributed by atoms with van der Waals surface area (Å²) in [5.74, 6) is -0.247. The van der Waals surface area contributed by atoms with Crippen LogP contribution in [0.4, 0.5) is 0 Å². The normalized spacial score (nSPS) is 10.8. The molecule has 6 nitrogen and oxygen atoms in total. The van der Waals surface area contributed by atoms with Gasteiger partial charge in [-0.05, 0) is 24.7 Å². The summed E-state index contributed by atoms with van der Waals surface area (Å²) in [5.41, 5.74) is 2.43. The van der Waals surface area contributed by atoms with E-state index in [0.717, 1.165) is 11.1 Å². The van der Waals surface area contributed by atoms with Crippen molar-refractivity contribution in [3.63, 3.8) is 0 Å². The molecule has 1 N–H and O–H groups in total. The summed E-state index contributed by atoms with van der Waals surface area (Å²) >= 11 is 6.48. The van der Waals surface area contributed by atoms with Crippen molar-refractivity contribution in [1.29, 1.82) is 0 Å². The van der Waals surface area contributed by atoms with Crippen molar-refractivity contribution in [2.24, 2.45) is 0 Å². The Morgan fingerprint density at radius 1 is 1.38 bits per heavy atom. The number of amides is 1. The van der Waals surface area contributed by atoms with Gasteiger partial charge in [-0.1, -0.05) is 47.2 Å². The van der Waals surface area contributed by atoms with Gasteiger partial charge in [-0.2, -0.15) is 0 Å². The molecule has 1 aromatic carbocycles. The van der Waals surface area contributed by atoms with Crippen LogP contribution in [0.3, 0.4) is 0 Å². The number of rotatable bonds is 6. The summed E-state index contributed by atoms with van der Waals surface area (Å²) < 4.78 is 4.07. The Balaban J connectivity index is 1.76. The number of hydrogen-bond donors (Lipinski definition) is 1. The minimum atomic E-state index is -0.264. The number of thiazole rings is 1. The Bertz CT molecular complexity index is 1080. The van der Waals surface area contributed by atoms with Gasteiger partial charge in [-0.25, -0.2) is 4.98 Å². The predicted octanol–water partition coefficient (Wildman–Crippen LogP) is 2.80. The molecular weight excluding hydrogens is 368 g/mol. The fourth-order valence-corrected chi connectivity index (χ4v) is 3.81. The topological polar surface area (TPSA) is 68.9 Å². The molecule has 0 radical (unpaired) electrons. The van der Waals surface area contributed by atoms with Crippen LogP contribution in [0, 0.1) is 10.9 Å². The minimum Gasteiger partial charge on any atom is -0.350 e. The van der Waals surface area contributed by atoms with Gasteiger partial charge in [0.05, 0.1) is 0 Å². The fourth-order valence-electron chi connectivity index (χ4n) is 2.49. The van der Waals surface area contributed by atoms with Gasteiger partial charge >= 0.3 is 0 Å². The summed E-state index contributed by atoms with van der Waals surface area (Å²) in [6.07, 6.45) is 3.09. The molecule has 0 bridgehead atoms. The Morgan fingerprint density at radius 3 is 2.81 bits per heavy atom. The van der Waals surface area contributed by atoms with Gasteiger partial charge in [0.15, 0.2) is 9.60 Å². The Morgan fingerprint density at radius 2 is 2.12 bits per heavy atom. The summed E-state index contributed by atoms with van der Waals surface area (Å²) in [4.78, 5) is 29.1. The third-order valence-electron chi connectivity index (χ3n) is 3.88. The average Bonchev–Trinajstić information content (AvgIpc) is 2.94. The average molecular weight is 387 g/mol. The fraction of sp³-hybridized carbons (Fsp3) is 0.222. The van der Waals surface area contributed by atoms with Gasteiger partial charge in [-0.15, -0.1) is 6.58 Å². The Labute approximate surface area is 159 Å². The van der Waals surface area contributed by atoms with E-state index in [2.05, 4.69) is 16.9 Å². The van der Waals surface area contributed by atoms with Crippen LogP contribution in [-0.4, -0.2) is 20.0 Å². The Hall–Kier alpha value is -2.58. The van der Waals surface area contributed by atoms with Crippen LogP contribution in [0.15, 0.2) is 48.0 Å². The highest BCUT2D eigenvalue weighted by atomic mass is 32.1. The smallest absolute Gasteiger partial charge is 0.273 e. The van der Waals surface area contributed by atoms with Gasteiger partial charge in [0, 0.05) is 13.1 Å². The molecule has 0 saturated heterocycles. The summed E-state index contributed by atoms with van der Waals surface area (Å²) in [6.45, 7) is 6.52. The van der Waals surface area contributed by atoms with E-state index in [1.54, 1.807) is 10.6 Å². The molecule has 0 saturated carbocycles. The first-order chi connectivity index (χ1) is 12.5. The zero-order valence-corrected chi connectivity index (χ0v) is 15.9. The van der Waals surface area contributed by atoms with Gasteiger partial charge in [-0.3, -0.25) is 14.2 Å². The maximum absolute atomic E-state index is 12.6. The number of carbonyl (C=O) groups excluding carboxylic acids is 1. The third kappa shape index (κ3) is 3.81. The quantitative estimate of drug-likeness (QED) is 0.522. The Kier molecular flexibility index (Phi) is 5.43. The second kappa shape index (κ2) is 7.76. The molecule has 0 aliphatic carbocycles. The molecule has 134 valence electrons. The van der Waals surface area contributed by atoms with E-state index in [0.29, 0.717) is 27.4 Å². The number of nitrogens with zero attached hydrogens (tertiary/aromatic N) is 3. The van der Waals surface area contributed by atoms with E-state index in [9.17, 15) is 9.59 Å². The highest BCUT2D eigenvalue weighted by Gasteiger charge is 2.13. The van der Waals surface area contributed by atoms with Crippen molar-refractivity contribution in [1.82, 2.24) is 19.4 Å². The number of nitrogens with one attached hydrogen (secondary N) is 1. The van der Waals surface area contributed by atoms with Crippen molar-refractivity contribution < 1.29 is 4.79 Å². The third-order valence-corrected chi connectivity index (χ3v) is 5.31. The monoisotopic (exact) mass is 386 g/mol. The molecule has 0 aliphatic heterocycles. The zero-order chi connectivity index (χ0) is 18.7. The van der Waals surface area contributed by atoms with Crippen LogP contribution < -0.4 is 10.9 Å². The molecule has 3 aromatic rings. The molecule has 8 heteroatoms. The van der Waals surface area contributed by atoms with Crippen LogP contribution in [0.5, 0.6) is 0 Å². The number of aromatic nitrogens is 3. The van der Waals surface area contributed by atoms with Gasteiger partial charge in [0.2, 0.25) is 5.91 Å². The SMILES string of the molecule is C=CCn1c(=S)sc2c(=O)n(CC(=O)NCc3ccc(C)cc3)cnc21. The molecule has 0 spiro atoms. The lowest BCUT2D eigenvalue weighted by molar-refractivity contribution is -0.121. The van der Waals surface area contributed by atoms with Crippen LogP contribution in [0.2, 0.25) is 0 Å². The number of allylic oxidation sites excluding steroid dienone is 1. The second-order valence-electron chi connectivity index (χ2n) is 5.86. The summed E-state index contributed by atoms with van der Waals surface area (Å²) in [7, 11) is 0. The van der Waals surface area contributed by atoms with E-state index >= 15 is 0 Å². The second-order valence-corrected chi connectivity index (χ2v) is 7.50. The van der Waals surface area contributed by atoms with Crippen LogP contribution >= 0.6 is 23.6 Å². The number of hydrogen-bond acceptors (Lipinski definition) is 5. The number of fused-ring (bicyclic) bond motifs is 1.